The Morgan fingerprint density at radius 1 is 1.39 bits per heavy atom. The van der Waals surface area contributed by atoms with E-state index in [1.807, 2.05) is 39.8 Å². The van der Waals surface area contributed by atoms with Crippen LogP contribution in [0.5, 0.6) is 0 Å². The number of nitrogens with one attached hydrogen (secondary N) is 1. The summed E-state index contributed by atoms with van der Waals surface area (Å²) in [6.07, 6.45) is 0.895. The number of nitrogens with zero attached hydrogens (tertiary/aromatic N) is 2. The van der Waals surface area contributed by atoms with Crippen molar-refractivity contribution in [1.82, 2.24) is 10.3 Å². The van der Waals surface area contributed by atoms with Gasteiger partial charge in [-0.05, 0) is 50.5 Å². The first-order valence-corrected chi connectivity index (χ1v) is 8.67. The second-order valence-electron chi connectivity index (χ2n) is 5.77. The first kappa shape index (κ1) is 17.3. The third kappa shape index (κ3) is 4.23. The number of rotatable bonds is 5. The fourth-order valence-corrected chi connectivity index (χ4v) is 3.13. The predicted molar refractivity (Wildman–Crippen MR) is 94.6 cm³/mol. The molecule has 0 aliphatic rings. The number of carbonyl (C=O) groups is 1. The van der Waals surface area contributed by atoms with E-state index in [1.54, 1.807) is 0 Å². The quantitative estimate of drug-likeness (QED) is 0.850. The number of thioether (sulfide) groups is 1. The number of aromatic nitrogens is 1. The van der Waals surface area contributed by atoms with Crippen LogP contribution in [0.15, 0.2) is 23.2 Å². The van der Waals surface area contributed by atoms with Crippen LogP contribution in [0.3, 0.4) is 0 Å². The van der Waals surface area contributed by atoms with Crippen LogP contribution in [0.25, 0.3) is 10.9 Å². The van der Waals surface area contributed by atoms with E-state index in [0.717, 1.165) is 28.5 Å². The van der Waals surface area contributed by atoms with Gasteiger partial charge in [0.25, 0.3) is 0 Å². The maximum atomic E-state index is 11.9. The summed E-state index contributed by atoms with van der Waals surface area (Å²) in [5.74, 6) is 0.234. The van der Waals surface area contributed by atoms with Crippen LogP contribution in [-0.4, -0.2) is 22.7 Å². The second-order valence-corrected chi connectivity index (χ2v) is 6.73. The predicted octanol–water partition coefficient (Wildman–Crippen LogP) is 3.73. The highest BCUT2D eigenvalue weighted by atomic mass is 32.2. The Bertz CT molecular complexity index is 780. The van der Waals surface area contributed by atoms with Gasteiger partial charge in [0.05, 0.1) is 16.8 Å². The molecule has 0 aliphatic heterocycles. The zero-order valence-corrected chi connectivity index (χ0v) is 14.8. The third-order valence-corrected chi connectivity index (χ3v) is 4.72. The van der Waals surface area contributed by atoms with Crippen LogP contribution >= 0.6 is 11.8 Å². The van der Waals surface area contributed by atoms with Gasteiger partial charge in [-0.2, -0.15) is 5.26 Å². The average molecular weight is 327 g/mol. The van der Waals surface area contributed by atoms with Gasteiger partial charge in [0.15, 0.2) is 0 Å². The van der Waals surface area contributed by atoms with Gasteiger partial charge in [0, 0.05) is 11.4 Å². The summed E-state index contributed by atoms with van der Waals surface area (Å²) < 4.78 is 0. The molecule has 0 fully saturated rings. The molecular formula is C18H21N3OS. The Balaban J connectivity index is 2.26. The van der Waals surface area contributed by atoms with Crippen LogP contribution in [-0.2, 0) is 4.79 Å². The number of benzene rings is 1. The van der Waals surface area contributed by atoms with Crippen LogP contribution in [0.2, 0.25) is 0 Å². The second kappa shape index (κ2) is 7.47. The topological polar surface area (TPSA) is 65.8 Å². The largest absolute Gasteiger partial charge is 0.353 e. The van der Waals surface area contributed by atoms with E-state index in [0.29, 0.717) is 10.6 Å². The van der Waals surface area contributed by atoms with Gasteiger partial charge in [-0.1, -0.05) is 24.8 Å². The van der Waals surface area contributed by atoms with E-state index in [4.69, 9.17) is 0 Å². The molecule has 2 rings (SSSR count). The number of hydrogen-bond donors (Lipinski definition) is 1. The van der Waals surface area contributed by atoms with Crippen molar-refractivity contribution >= 4 is 28.6 Å². The molecule has 0 radical (unpaired) electrons. The van der Waals surface area contributed by atoms with Gasteiger partial charge in [0.2, 0.25) is 5.91 Å². The fourth-order valence-electron chi connectivity index (χ4n) is 2.35. The van der Waals surface area contributed by atoms with Crippen molar-refractivity contribution < 1.29 is 4.79 Å². The summed E-state index contributed by atoms with van der Waals surface area (Å²) in [7, 11) is 0. The van der Waals surface area contributed by atoms with E-state index in [-0.39, 0.29) is 17.7 Å². The molecule has 0 spiro atoms. The van der Waals surface area contributed by atoms with E-state index in [1.165, 1.54) is 11.8 Å². The fraction of sp³-hybridized carbons (Fsp3) is 0.389. The normalized spacial score (nSPS) is 12.0. The number of fused-ring (bicyclic) bond motifs is 1. The SMILES string of the molecule is CC[C@@H](C)NC(=O)CSc1nc2cc(C)cc(C)c2cc1C#N. The van der Waals surface area contributed by atoms with E-state index < -0.39 is 0 Å². The number of hydrogen-bond acceptors (Lipinski definition) is 4. The number of amides is 1. The van der Waals surface area contributed by atoms with E-state index in [2.05, 4.69) is 22.4 Å². The van der Waals surface area contributed by atoms with Gasteiger partial charge in [0.1, 0.15) is 11.1 Å². The third-order valence-electron chi connectivity index (χ3n) is 3.73. The van der Waals surface area contributed by atoms with Crippen molar-refractivity contribution in [2.45, 2.75) is 45.2 Å². The van der Waals surface area contributed by atoms with Crippen LogP contribution < -0.4 is 5.32 Å². The molecule has 0 unspecified atom stereocenters. The highest BCUT2D eigenvalue weighted by Crippen LogP contribution is 2.27. The first-order valence-electron chi connectivity index (χ1n) is 7.68. The molecule has 120 valence electrons. The van der Waals surface area contributed by atoms with Gasteiger partial charge in [-0.3, -0.25) is 4.79 Å². The minimum Gasteiger partial charge on any atom is -0.353 e. The van der Waals surface area contributed by atoms with Crippen molar-refractivity contribution in [2.75, 3.05) is 5.75 Å². The molecule has 1 amide bonds. The molecule has 0 bridgehead atoms. The number of pyridine rings is 1. The van der Waals surface area contributed by atoms with Crippen molar-refractivity contribution in [1.29, 1.82) is 5.26 Å². The number of nitriles is 1. The lowest BCUT2D eigenvalue weighted by atomic mass is 10.1. The van der Waals surface area contributed by atoms with E-state index >= 15 is 0 Å². The van der Waals surface area contributed by atoms with Crippen molar-refractivity contribution in [3.8, 4) is 6.07 Å². The molecule has 1 heterocycles. The maximum Gasteiger partial charge on any atom is 0.230 e. The summed E-state index contributed by atoms with van der Waals surface area (Å²) in [6, 6.07) is 8.31. The molecule has 1 N–H and O–H groups in total. The summed E-state index contributed by atoms with van der Waals surface area (Å²) in [5.41, 5.74) is 3.63. The van der Waals surface area contributed by atoms with Crippen molar-refractivity contribution in [2.24, 2.45) is 0 Å². The molecule has 1 aromatic carbocycles. The summed E-state index contributed by atoms with van der Waals surface area (Å²) in [5, 5.41) is 13.9. The molecule has 0 aliphatic carbocycles. The molecule has 0 saturated carbocycles. The van der Waals surface area contributed by atoms with Crippen LogP contribution in [0.4, 0.5) is 0 Å². The lowest BCUT2D eigenvalue weighted by molar-refractivity contribution is -0.119. The number of carbonyl (C=O) groups excluding carboxylic acids is 1. The van der Waals surface area contributed by atoms with Gasteiger partial charge in [-0.25, -0.2) is 4.98 Å². The Kier molecular flexibility index (Phi) is 5.62. The molecule has 0 saturated heterocycles. The average Bonchev–Trinajstić information content (AvgIpc) is 2.51. The molecule has 1 aromatic heterocycles. The van der Waals surface area contributed by atoms with E-state index in [9.17, 15) is 10.1 Å². The zero-order chi connectivity index (χ0) is 17.0. The van der Waals surface area contributed by atoms with Crippen molar-refractivity contribution in [3.05, 3.63) is 34.9 Å². The highest BCUT2D eigenvalue weighted by molar-refractivity contribution is 8.00. The molecule has 23 heavy (non-hydrogen) atoms. The van der Waals surface area contributed by atoms with Gasteiger partial charge >= 0.3 is 0 Å². The van der Waals surface area contributed by atoms with Crippen LogP contribution in [0.1, 0.15) is 37.0 Å². The Morgan fingerprint density at radius 3 is 2.78 bits per heavy atom. The highest BCUT2D eigenvalue weighted by Gasteiger charge is 2.12. The standard InChI is InChI=1S/C18H21N3OS/c1-5-13(4)20-17(22)10-23-18-14(9-19)8-15-12(3)6-11(2)7-16(15)21-18/h6-8,13H,5,10H2,1-4H3,(H,20,22)/t13-/m1/s1. The molecule has 2 aromatic rings. The summed E-state index contributed by atoms with van der Waals surface area (Å²) in [4.78, 5) is 16.5. The minimum atomic E-state index is -0.0319. The van der Waals surface area contributed by atoms with Crippen molar-refractivity contribution in [3.63, 3.8) is 0 Å². The zero-order valence-electron chi connectivity index (χ0n) is 13.9. The monoisotopic (exact) mass is 327 g/mol. The Morgan fingerprint density at radius 2 is 2.13 bits per heavy atom. The van der Waals surface area contributed by atoms with Gasteiger partial charge in [-0.15, -0.1) is 0 Å². The number of aryl methyl sites for hydroxylation is 2. The lowest BCUT2D eigenvalue weighted by Gasteiger charge is -2.12. The summed E-state index contributed by atoms with van der Waals surface area (Å²) >= 11 is 1.31. The molecular weight excluding hydrogens is 306 g/mol. The minimum absolute atomic E-state index is 0.0319. The Hall–Kier alpha value is -2.06. The molecule has 5 heteroatoms. The van der Waals surface area contributed by atoms with Crippen LogP contribution in [0, 0.1) is 25.2 Å². The molecule has 1 atom stereocenters. The van der Waals surface area contributed by atoms with Gasteiger partial charge < -0.3 is 5.32 Å². The lowest BCUT2D eigenvalue weighted by Crippen LogP contribution is -2.33. The summed E-state index contributed by atoms with van der Waals surface area (Å²) in [6.45, 7) is 8.05. The smallest absolute Gasteiger partial charge is 0.230 e. The Labute approximate surface area is 141 Å². The first-order chi connectivity index (χ1) is 10.9. The maximum absolute atomic E-state index is 11.9. The molecule has 4 nitrogen and oxygen atoms in total.